The molecule has 10 rings (SSSR count). The van der Waals surface area contributed by atoms with E-state index in [-0.39, 0.29) is 0 Å². The SMILES string of the molecule is c1ccc(-c2ccc(-c3nc(-c4ccccc4)nc(-c4cccc(-c5cccc(-c6c7ccccc7cc7c6ccc6ccccc67)c5)c4)n3)cc2)cc1. The molecule has 1 aromatic heterocycles. The summed E-state index contributed by atoms with van der Waals surface area (Å²) >= 11 is 0. The second-order valence-electron chi connectivity index (χ2n) is 13.6. The number of hydrogen-bond donors (Lipinski definition) is 0. The minimum absolute atomic E-state index is 0.635. The molecule has 0 N–H and O–H groups in total. The number of benzene rings is 9. The standard InChI is InChI=1S/C51H33N3/c1-3-13-34(14-4-1)35-25-27-38(28-26-35)50-52-49(37-16-5-2-6-17-37)53-51(54-50)43-22-12-20-40(32-43)39-19-11-21-42(31-39)48-45-24-10-8-18-41(45)33-47-44-23-9-7-15-36(44)29-30-46(47)48/h1-33H. The average Bonchev–Trinajstić information content (AvgIpc) is 3.26. The molecular formula is C51H33N3. The fourth-order valence-corrected chi connectivity index (χ4v) is 7.62. The van der Waals surface area contributed by atoms with Crippen molar-refractivity contribution < 1.29 is 0 Å². The molecule has 0 bridgehead atoms. The molecule has 252 valence electrons. The molecule has 0 unspecified atom stereocenters. The zero-order valence-corrected chi connectivity index (χ0v) is 29.4. The van der Waals surface area contributed by atoms with Crippen molar-refractivity contribution in [1.82, 2.24) is 15.0 Å². The monoisotopic (exact) mass is 687 g/mol. The maximum atomic E-state index is 5.07. The highest BCUT2D eigenvalue weighted by atomic mass is 15.0. The van der Waals surface area contributed by atoms with Gasteiger partial charge in [0.1, 0.15) is 0 Å². The van der Waals surface area contributed by atoms with E-state index in [9.17, 15) is 0 Å². The van der Waals surface area contributed by atoms with Crippen LogP contribution >= 0.6 is 0 Å². The molecule has 0 spiro atoms. The molecule has 0 fully saturated rings. The molecule has 10 aromatic rings. The molecule has 0 radical (unpaired) electrons. The molecule has 0 aliphatic carbocycles. The summed E-state index contributed by atoms with van der Waals surface area (Å²) in [4.78, 5) is 15.1. The lowest BCUT2D eigenvalue weighted by Crippen LogP contribution is -2.00. The van der Waals surface area contributed by atoms with Crippen LogP contribution in [0.15, 0.2) is 200 Å². The Morgan fingerprint density at radius 1 is 0.222 bits per heavy atom. The zero-order chi connectivity index (χ0) is 35.8. The molecule has 0 aliphatic heterocycles. The van der Waals surface area contributed by atoms with Crippen LogP contribution in [-0.4, -0.2) is 15.0 Å². The maximum Gasteiger partial charge on any atom is 0.164 e. The Morgan fingerprint density at radius 2 is 0.685 bits per heavy atom. The fraction of sp³-hybridized carbons (Fsp3) is 0. The van der Waals surface area contributed by atoms with Crippen molar-refractivity contribution in [3.8, 4) is 67.5 Å². The summed E-state index contributed by atoms with van der Waals surface area (Å²) in [6.07, 6.45) is 0. The van der Waals surface area contributed by atoms with Crippen molar-refractivity contribution in [3.05, 3.63) is 200 Å². The lowest BCUT2D eigenvalue weighted by molar-refractivity contribution is 1.07. The van der Waals surface area contributed by atoms with Crippen molar-refractivity contribution in [2.24, 2.45) is 0 Å². The van der Waals surface area contributed by atoms with E-state index in [2.05, 4.69) is 164 Å². The first-order valence-electron chi connectivity index (χ1n) is 18.3. The largest absolute Gasteiger partial charge is 0.208 e. The predicted molar refractivity (Wildman–Crippen MR) is 225 cm³/mol. The predicted octanol–water partition coefficient (Wildman–Crippen LogP) is 13.3. The van der Waals surface area contributed by atoms with E-state index in [1.165, 1.54) is 49.0 Å². The van der Waals surface area contributed by atoms with Gasteiger partial charge in [-0.15, -0.1) is 0 Å². The van der Waals surface area contributed by atoms with E-state index in [0.717, 1.165) is 33.4 Å². The average molecular weight is 688 g/mol. The number of hydrogen-bond acceptors (Lipinski definition) is 3. The number of aromatic nitrogens is 3. The molecule has 54 heavy (non-hydrogen) atoms. The van der Waals surface area contributed by atoms with Crippen LogP contribution in [-0.2, 0) is 0 Å². The van der Waals surface area contributed by atoms with Crippen LogP contribution in [0, 0.1) is 0 Å². The Bertz CT molecular complexity index is 2970. The van der Waals surface area contributed by atoms with Crippen LogP contribution in [0.5, 0.6) is 0 Å². The van der Waals surface area contributed by atoms with Gasteiger partial charge in [-0.25, -0.2) is 15.0 Å². The van der Waals surface area contributed by atoms with Gasteiger partial charge in [0, 0.05) is 16.7 Å². The maximum absolute atomic E-state index is 5.07. The highest BCUT2D eigenvalue weighted by molar-refractivity contribution is 6.20. The fourth-order valence-electron chi connectivity index (χ4n) is 7.62. The van der Waals surface area contributed by atoms with Gasteiger partial charge in [0.2, 0.25) is 0 Å². The summed E-state index contributed by atoms with van der Waals surface area (Å²) in [6, 6.07) is 70.7. The lowest BCUT2D eigenvalue weighted by Gasteiger charge is -2.15. The zero-order valence-electron chi connectivity index (χ0n) is 29.4. The van der Waals surface area contributed by atoms with E-state index in [1.807, 2.05) is 36.4 Å². The molecule has 0 atom stereocenters. The van der Waals surface area contributed by atoms with Crippen LogP contribution < -0.4 is 0 Å². The van der Waals surface area contributed by atoms with Crippen molar-refractivity contribution in [3.63, 3.8) is 0 Å². The van der Waals surface area contributed by atoms with Crippen LogP contribution in [0.2, 0.25) is 0 Å². The Kier molecular flexibility index (Phi) is 7.81. The quantitative estimate of drug-likeness (QED) is 0.129. The first-order valence-corrected chi connectivity index (χ1v) is 18.3. The molecule has 0 saturated carbocycles. The van der Waals surface area contributed by atoms with Gasteiger partial charge >= 0.3 is 0 Å². The van der Waals surface area contributed by atoms with Gasteiger partial charge in [-0.3, -0.25) is 0 Å². The molecule has 1 heterocycles. The van der Waals surface area contributed by atoms with Crippen molar-refractivity contribution >= 4 is 32.3 Å². The second-order valence-corrected chi connectivity index (χ2v) is 13.6. The van der Waals surface area contributed by atoms with Gasteiger partial charge < -0.3 is 0 Å². The number of nitrogens with zero attached hydrogens (tertiary/aromatic N) is 3. The van der Waals surface area contributed by atoms with Crippen LogP contribution in [0.3, 0.4) is 0 Å². The Balaban J connectivity index is 1.08. The van der Waals surface area contributed by atoms with E-state index in [1.54, 1.807) is 0 Å². The first-order chi connectivity index (χ1) is 26.7. The van der Waals surface area contributed by atoms with Crippen molar-refractivity contribution in [2.75, 3.05) is 0 Å². The third kappa shape index (κ3) is 5.78. The number of fused-ring (bicyclic) bond motifs is 4. The normalized spacial score (nSPS) is 11.3. The summed E-state index contributed by atoms with van der Waals surface area (Å²) in [5.74, 6) is 1.92. The van der Waals surface area contributed by atoms with Gasteiger partial charge in [0.25, 0.3) is 0 Å². The van der Waals surface area contributed by atoms with E-state index in [4.69, 9.17) is 15.0 Å². The van der Waals surface area contributed by atoms with Gasteiger partial charge in [-0.1, -0.05) is 182 Å². The van der Waals surface area contributed by atoms with Crippen LogP contribution in [0.4, 0.5) is 0 Å². The Morgan fingerprint density at radius 3 is 1.39 bits per heavy atom. The second kappa shape index (κ2) is 13.4. The third-order valence-corrected chi connectivity index (χ3v) is 10.3. The summed E-state index contributed by atoms with van der Waals surface area (Å²) in [7, 11) is 0. The smallest absolute Gasteiger partial charge is 0.164 e. The van der Waals surface area contributed by atoms with Gasteiger partial charge in [0.15, 0.2) is 17.5 Å². The van der Waals surface area contributed by atoms with Gasteiger partial charge in [0.05, 0.1) is 0 Å². The van der Waals surface area contributed by atoms with E-state index >= 15 is 0 Å². The third-order valence-electron chi connectivity index (χ3n) is 10.3. The summed E-state index contributed by atoms with van der Waals surface area (Å²) < 4.78 is 0. The molecule has 0 amide bonds. The molecule has 3 heteroatoms. The summed E-state index contributed by atoms with van der Waals surface area (Å²) in [5.41, 5.74) is 9.80. The molecule has 9 aromatic carbocycles. The van der Waals surface area contributed by atoms with Gasteiger partial charge in [-0.2, -0.15) is 0 Å². The topological polar surface area (TPSA) is 38.7 Å². The van der Waals surface area contributed by atoms with Crippen LogP contribution in [0.1, 0.15) is 0 Å². The molecule has 0 aliphatic rings. The molecular weight excluding hydrogens is 655 g/mol. The van der Waals surface area contributed by atoms with Crippen molar-refractivity contribution in [2.45, 2.75) is 0 Å². The van der Waals surface area contributed by atoms with Crippen LogP contribution in [0.25, 0.3) is 99.9 Å². The van der Waals surface area contributed by atoms with Gasteiger partial charge in [-0.05, 0) is 83.9 Å². The lowest BCUT2D eigenvalue weighted by atomic mass is 9.89. The minimum Gasteiger partial charge on any atom is -0.208 e. The first kappa shape index (κ1) is 31.5. The summed E-state index contributed by atoms with van der Waals surface area (Å²) in [5, 5.41) is 7.51. The Hall–Kier alpha value is -7.23. The molecule has 3 nitrogen and oxygen atoms in total. The van der Waals surface area contributed by atoms with E-state index < -0.39 is 0 Å². The number of rotatable bonds is 6. The highest BCUT2D eigenvalue weighted by Crippen LogP contribution is 2.40. The molecule has 0 saturated heterocycles. The van der Waals surface area contributed by atoms with Crippen molar-refractivity contribution in [1.29, 1.82) is 0 Å². The Labute approximate surface area is 313 Å². The minimum atomic E-state index is 0.635. The van der Waals surface area contributed by atoms with E-state index in [0.29, 0.717) is 17.5 Å². The highest BCUT2D eigenvalue weighted by Gasteiger charge is 2.15. The summed E-state index contributed by atoms with van der Waals surface area (Å²) in [6.45, 7) is 0.